The normalized spacial score (nSPS) is 19.1. The van der Waals surface area contributed by atoms with Crippen LogP contribution in [0.3, 0.4) is 0 Å². The van der Waals surface area contributed by atoms with Crippen LogP contribution in [0.4, 0.5) is 4.79 Å². The zero-order chi connectivity index (χ0) is 16.3. The molecule has 0 radical (unpaired) electrons. The van der Waals surface area contributed by atoms with E-state index in [0.29, 0.717) is 22.9 Å². The van der Waals surface area contributed by atoms with Crippen LogP contribution in [0.1, 0.15) is 56.8 Å². The molecular formula is C16H22ClNO3S. The van der Waals surface area contributed by atoms with Gasteiger partial charge in [-0.3, -0.25) is 4.79 Å². The van der Waals surface area contributed by atoms with Gasteiger partial charge in [-0.2, -0.15) is 0 Å². The number of piperidine rings is 1. The van der Waals surface area contributed by atoms with Crippen molar-refractivity contribution in [2.45, 2.75) is 58.1 Å². The number of carbonyl (C=O) groups is 2. The number of ketones is 1. The van der Waals surface area contributed by atoms with Crippen molar-refractivity contribution in [2.24, 2.45) is 0 Å². The summed E-state index contributed by atoms with van der Waals surface area (Å²) in [6.45, 7) is 6.20. The number of hydrogen-bond acceptors (Lipinski definition) is 4. The van der Waals surface area contributed by atoms with E-state index in [-0.39, 0.29) is 17.9 Å². The Kier molecular flexibility index (Phi) is 5.50. The van der Waals surface area contributed by atoms with Gasteiger partial charge in [0.05, 0.1) is 4.34 Å². The molecule has 0 aromatic carbocycles. The molecule has 1 unspecified atom stereocenters. The molecule has 0 N–H and O–H groups in total. The number of amides is 1. The Balaban J connectivity index is 2.03. The van der Waals surface area contributed by atoms with Gasteiger partial charge in [-0.1, -0.05) is 11.6 Å². The van der Waals surface area contributed by atoms with Gasteiger partial charge in [0.15, 0.2) is 5.78 Å². The minimum Gasteiger partial charge on any atom is -0.444 e. The first-order valence-corrected chi connectivity index (χ1v) is 8.79. The maximum absolute atomic E-state index is 12.3. The molecule has 6 heteroatoms. The van der Waals surface area contributed by atoms with Crippen molar-refractivity contribution in [2.75, 3.05) is 6.54 Å². The molecule has 1 saturated heterocycles. The molecule has 4 nitrogen and oxygen atoms in total. The fraction of sp³-hybridized carbons (Fsp3) is 0.625. The van der Waals surface area contributed by atoms with Crippen LogP contribution in [0.5, 0.6) is 0 Å². The van der Waals surface area contributed by atoms with Crippen molar-refractivity contribution in [1.82, 2.24) is 4.90 Å². The lowest BCUT2D eigenvalue weighted by Gasteiger charge is -2.36. The molecule has 2 rings (SSSR count). The maximum Gasteiger partial charge on any atom is 0.410 e. The Morgan fingerprint density at radius 1 is 1.41 bits per heavy atom. The Hall–Kier alpha value is -1.07. The highest BCUT2D eigenvalue weighted by Crippen LogP contribution is 2.26. The van der Waals surface area contributed by atoms with Crippen LogP contribution in [0.25, 0.3) is 0 Å². The molecule has 2 heterocycles. The lowest BCUT2D eigenvalue weighted by molar-refractivity contribution is 0.00946. The largest absolute Gasteiger partial charge is 0.444 e. The second-order valence-electron chi connectivity index (χ2n) is 6.59. The lowest BCUT2D eigenvalue weighted by atomic mass is 9.96. The van der Waals surface area contributed by atoms with Crippen molar-refractivity contribution in [1.29, 1.82) is 0 Å². The van der Waals surface area contributed by atoms with Crippen LogP contribution in [0.2, 0.25) is 4.34 Å². The molecule has 1 amide bonds. The summed E-state index contributed by atoms with van der Waals surface area (Å²) in [4.78, 5) is 26.4. The number of carbonyl (C=O) groups excluding carboxylic acids is 2. The Morgan fingerprint density at radius 2 is 2.14 bits per heavy atom. The van der Waals surface area contributed by atoms with E-state index in [1.165, 1.54) is 11.3 Å². The van der Waals surface area contributed by atoms with Gasteiger partial charge in [-0.15, -0.1) is 11.3 Å². The molecule has 1 aliphatic rings. The molecular weight excluding hydrogens is 322 g/mol. The zero-order valence-corrected chi connectivity index (χ0v) is 14.8. The Morgan fingerprint density at radius 3 is 2.73 bits per heavy atom. The number of thiophene rings is 1. The van der Waals surface area contributed by atoms with Crippen LogP contribution in [0, 0.1) is 0 Å². The minimum atomic E-state index is -0.524. The predicted octanol–water partition coefficient (Wildman–Crippen LogP) is 4.76. The summed E-state index contributed by atoms with van der Waals surface area (Å²) >= 11 is 7.23. The highest BCUT2D eigenvalue weighted by Gasteiger charge is 2.32. The van der Waals surface area contributed by atoms with Gasteiger partial charge in [0.1, 0.15) is 5.60 Å². The van der Waals surface area contributed by atoms with E-state index in [4.69, 9.17) is 16.3 Å². The smallest absolute Gasteiger partial charge is 0.410 e. The highest BCUT2D eigenvalue weighted by molar-refractivity contribution is 7.14. The molecule has 1 atom stereocenters. The van der Waals surface area contributed by atoms with E-state index in [0.717, 1.165) is 19.3 Å². The minimum absolute atomic E-state index is 0.0311. The molecule has 122 valence electrons. The first-order chi connectivity index (χ1) is 10.3. The van der Waals surface area contributed by atoms with Crippen molar-refractivity contribution in [3.63, 3.8) is 0 Å². The number of likely N-dealkylation sites (tertiary alicyclic amines) is 1. The first-order valence-electron chi connectivity index (χ1n) is 7.53. The Bertz CT molecular complexity index is 550. The number of halogens is 1. The van der Waals surface area contributed by atoms with E-state index < -0.39 is 5.60 Å². The van der Waals surface area contributed by atoms with Gasteiger partial charge in [-0.25, -0.2) is 4.79 Å². The fourth-order valence-corrected chi connectivity index (χ4v) is 3.45. The summed E-state index contributed by atoms with van der Waals surface area (Å²) < 4.78 is 6.06. The molecule has 0 saturated carbocycles. The lowest BCUT2D eigenvalue weighted by Crippen LogP contribution is -2.46. The summed E-state index contributed by atoms with van der Waals surface area (Å²) in [6.07, 6.45) is 2.82. The third-order valence-corrected chi connectivity index (χ3v) is 4.66. The maximum atomic E-state index is 12.3. The van der Waals surface area contributed by atoms with Gasteiger partial charge in [0.2, 0.25) is 0 Å². The monoisotopic (exact) mass is 343 g/mol. The summed E-state index contributed by atoms with van der Waals surface area (Å²) in [7, 11) is 0. The molecule has 22 heavy (non-hydrogen) atoms. The summed E-state index contributed by atoms with van der Waals surface area (Å²) in [5.74, 6) is 0.0311. The predicted molar refractivity (Wildman–Crippen MR) is 88.9 cm³/mol. The van der Waals surface area contributed by atoms with Crippen LogP contribution >= 0.6 is 22.9 Å². The number of Topliss-reactive ketones (excluding diaryl/α,β-unsaturated/α-hetero) is 1. The number of ether oxygens (including phenoxy) is 1. The fourth-order valence-electron chi connectivity index (χ4n) is 2.56. The first kappa shape index (κ1) is 17.3. The van der Waals surface area contributed by atoms with Gasteiger partial charge in [0.25, 0.3) is 0 Å². The van der Waals surface area contributed by atoms with Gasteiger partial charge >= 0.3 is 6.09 Å². The third kappa shape index (κ3) is 4.71. The van der Waals surface area contributed by atoms with E-state index in [2.05, 4.69) is 0 Å². The van der Waals surface area contributed by atoms with Crippen LogP contribution < -0.4 is 0 Å². The number of rotatable bonds is 3. The summed E-state index contributed by atoms with van der Waals surface area (Å²) in [5.41, 5.74) is 0.106. The highest BCUT2D eigenvalue weighted by atomic mass is 35.5. The van der Waals surface area contributed by atoms with Crippen LogP contribution in [-0.2, 0) is 4.74 Å². The van der Waals surface area contributed by atoms with Crippen molar-refractivity contribution >= 4 is 34.8 Å². The summed E-state index contributed by atoms with van der Waals surface area (Å²) in [6, 6.07) is 1.60. The second-order valence-corrected chi connectivity index (χ2v) is 8.13. The van der Waals surface area contributed by atoms with E-state index in [1.807, 2.05) is 20.8 Å². The molecule has 0 spiro atoms. The average molecular weight is 344 g/mol. The molecule has 1 fully saturated rings. The molecule has 1 aliphatic heterocycles. The Labute approximate surface area is 140 Å². The van der Waals surface area contributed by atoms with Gasteiger partial charge in [0, 0.05) is 30.0 Å². The van der Waals surface area contributed by atoms with Crippen LogP contribution in [0.15, 0.2) is 11.4 Å². The quantitative estimate of drug-likeness (QED) is 0.743. The SMILES string of the molecule is CC(C)(C)OC(=O)N1CCCCC1CC(=O)c1csc(Cl)c1. The van der Waals surface area contributed by atoms with E-state index in [1.54, 1.807) is 16.3 Å². The van der Waals surface area contributed by atoms with Crippen molar-refractivity contribution in [3.8, 4) is 0 Å². The van der Waals surface area contributed by atoms with Gasteiger partial charge < -0.3 is 9.64 Å². The van der Waals surface area contributed by atoms with E-state index >= 15 is 0 Å². The van der Waals surface area contributed by atoms with Crippen LogP contribution in [-0.4, -0.2) is 35.0 Å². The number of nitrogens with zero attached hydrogens (tertiary/aromatic N) is 1. The third-order valence-electron chi connectivity index (χ3n) is 3.57. The molecule has 0 aliphatic carbocycles. The van der Waals surface area contributed by atoms with E-state index in [9.17, 15) is 9.59 Å². The molecule has 1 aromatic heterocycles. The second kappa shape index (κ2) is 7.01. The summed E-state index contributed by atoms with van der Waals surface area (Å²) in [5, 5.41) is 1.77. The van der Waals surface area contributed by atoms with Crippen molar-refractivity contribution in [3.05, 3.63) is 21.3 Å². The standard InChI is InChI=1S/C16H22ClNO3S/c1-16(2,3)21-15(20)18-7-5-4-6-12(18)9-13(19)11-8-14(17)22-10-11/h8,10,12H,4-7,9H2,1-3H3. The topological polar surface area (TPSA) is 46.6 Å². The zero-order valence-electron chi connectivity index (χ0n) is 13.2. The number of hydrogen-bond donors (Lipinski definition) is 0. The molecule has 0 bridgehead atoms. The molecule has 1 aromatic rings. The average Bonchev–Trinajstić information content (AvgIpc) is 2.84. The van der Waals surface area contributed by atoms with Gasteiger partial charge in [-0.05, 0) is 46.1 Å². The van der Waals surface area contributed by atoms with Crippen molar-refractivity contribution < 1.29 is 14.3 Å².